The summed E-state index contributed by atoms with van der Waals surface area (Å²) in [7, 11) is 3.23. The zero-order valence-electron chi connectivity index (χ0n) is 19.6. The maximum atomic E-state index is 11.6. The Morgan fingerprint density at radius 1 is 1.15 bits per heavy atom. The van der Waals surface area contributed by atoms with Gasteiger partial charge in [-0.05, 0) is 67.8 Å². The van der Waals surface area contributed by atoms with Crippen LogP contribution in [0.3, 0.4) is 0 Å². The third kappa shape index (κ3) is 4.06. The number of nitrogens with zero attached hydrogens (tertiary/aromatic N) is 2. The Bertz CT molecular complexity index is 1080. The molecule has 5 rings (SSSR count). The minimum absolute atomic E-state index is 0.484. The lowest BCUT2D eigenvalue weighted by Gasteiger charge is -2.24. The molecule has 0 aromatic heterocycles. The van der Waals surface area contributed by atoms with Gasteiger partial charge in [-0.3, -0.25) is 4.79 Å². The highest BCUT2D eigenvalue weighted by Gasteiger charge is 2.37. The lowest BCUT2D eigenvalue weighted by Crippen LogP contribution is -2.41. The van der Waals surface area contributed by atoms with Crippen LogP contribution in [0.5, 0.6) is 17.2 Å². The average molecular weight is 470 g/mol. The average Bonchev–Trinajstić information content (AvgIpc) is 3.59. The summed E-state index contributed by atoms with van der Waals surface area (Å²) >= 11 is 0. The van der Waals surface area contributed by atoms with Gasteiger partial charge in [0.1, 0.15) is 12.1 Å². The van der Waals surface area contributed by atoms with Gasteiger partial charge in [0, 0.05) is 12.1 Å². The number of benzene rings is 1. The largest absolute Gasteiger partial charge is 0.492 e. The van der Waals surface area contributed by atoms with E-state index in [0.717, 1.165) is 62.0 Å². The zero-order chi connectivity index (χ0) is 23.7. The number of guanidine groups is 1. The van der Waals surface area contributed by atoms with Crippen LogP contribution in [0.4, 0.5) is 0 Å². The van der Waals surface area contributed by atoms with Gasteiger partial charge in [0.05, 0.1) is 26.5 Å². The second kappa shape index (κ2) is 9.54. The van der Waals surface area contributed by atoms with Gasteiger partial charge in [0.2, 0.25) is 11.7 Å². The molecule has 1 unspecified atom stereocenters. The molecule has 2 atom stereocenters. The SMILES string of the molecule is COc1c(OC2CCN[C@@H]2C(=O)O)cc2c(c1OC)C1=C(CCC1)C(=NNC1=NCCN1)CC2. The number of carboxylic acids is 1. The van der Waals surface area contributed by atoms with Crippen molar-refractivity contribution in [2.45, 2.75) is 50.7 Å². The Labute approximate surface area is 198 Å². The monoisotopic (exact) mass is 469 g/mol. The Balaban J connectivity index is 1.53. The predicted octanol–water partition coefficient (Wildman–Crippen LogP) is 1.69. The Morgan fingerprint density at radius 2 is 1.97 bits per heavy atom. The summed E-state index contributed by atoms with van der Waals surface area (Å²) in [5.41, 5.74) is 8.78. The number of aliphatic carboxylic acids is 1. The van der Waals surface area contributed by atoms with E-state index in [4.69, 9.17) is 19.3 Å². The molecular formula is C24H31N5O5. The maximum absolute atomic E-state index is 11.6. The van der Waals surface area contributed by atoms with Crippen molar-refractivity contribution in [3.05, 3.63) is 22.8 Å². The molecular weight excluding hydrogens is 438 g/mol. The third-order valence-corrected chi connectivity index (χ3v) is 6.87. The number of hydrazone groups is 1. The van der Waals surface area contributed by atoms with E-state index < -0.39 is 18.1 Å². The quantitative estimate of drug-likeness (QED) is 0.464. The van der Waals surface area contributed by atoms with Crippen molar-refractivity contribution in [2.75, 3.05) is 33.9 Å². The van der Waals surface area contributed by atoms with Gasteiger partial charge in [-0.15, -0.1) is 0 Å². The minimum atomic E-state index is -0.918. The number of rotatable bonds is 6. The van der Waals surface area contributed by atoms with Gasteiger partial charge in [-0.25, -0.2) is 10.4 Å². The minimum Gasteiger partial charge on any atom is -0.492 e. The number of aryl methyl sites for hydroxylation is 1. The molecule has 10 nitrogen and oxygen atoms in total. The third-order valence-electron chi connectivity index (χ3n) is 6.87. The lowest BCUT2D eigenvalue weighted by atomic mass is 9.95. The van der Waals surface area contributed by atoms with Crippen molar-refractivity contribution in [1.29, 1.82) is 0 Å². The van der Waals surface area contributed by atoms with Crippen molar-refractivity contribution in [3.63, 3.8) is 0 Å². The van der Waals surface area contributed by atoms with E-state index in [1.165, 1.54) is 11.1 Å². The van der Waals surface area contributed by atoms with Crippen molar-refractivity contribution < 1.29 is 24.1 Å². The number of allylic oxidation sites excluding steroid dienone is 2. The number of aliphatic imine (C=N–C) groups is 1. The van der Waals surface area contributed by atoms with Crippen LogP contribution in [0.1, 0.15) is 43.2 Å². The lowest BCUT2D eigenvalue weighted by molar-refractivity contribution is -0.140. The van der Waals surface area contributed by atoms with Gasteiger partial charge >= 0.3 is 5.97 Å². The number of carbonyl (C=O) groups is 1. The molecule has 1 fully saturated rings. The summed E-state index contributed by atoms with van der Waals surface area (Å²) in [6.45, 7) is 2.17. The molecule has 10 heteroatoms. The van der Waals surface area contributed by atoms with Crippen LogP contribution >= 0.6 is 0 Å². The van der Waals surface area contributed by atoms with Crippen LogP contribution in [0.2, 0.25) is 0 Å². The van der Waals surface area contributed by atoms with Crippen molar-refractivity contribution in [1.82, 2.24) is 16.1 Å². The molecule has 34 heavy (non-hydrogen) atoms. The zero-order valence-corrected chi connectivity index (χ0v) is 19.6. The van der Waals surface area contributed by atoms with Gasteiger partial charge in [-0.2, -0.15) is 5.10 Å². The predicted molar refractivity (Wildman–Crippen MR) is 128 cm³/mol. The molecule has 1 aromatic carbocycles. The first-order valence-corrected chi connectivity index (χ1v) is 11.8. The van der Waals surface area contributed by atoms with Crippen molar-refractivity contribution in [2.24, 2.45) is 10.1 Å². The van der Waals surface area contributed by atoms with Crippen LogP contribution in [-0.4, -0.2) is 68.7 Å². The second-order valence-electron chi connectivity index (χ2n) is 8.83. The molecule has 182 valence electrons. The summed E-state index contributed by atoms with van der Waals surface area (Å²) < 4.78 is 17.9. The smallest absolute Gasteiger partial charge is 0.324 e. The maximum Gasteiger partial charge on any atom is 0.324 e. The van der Waals surface area contributed by atoms with Crippen LogP contribution in [0, 0.1) is 0 Å². The summed E-state index contributed by atoms with van der Waals surface area (Å²) in [4.78, 5) is 16.0. The van der Waals surface area contributed by atoms with E-state index >= 15 is 0 Å². The summed E-state index contributed by atoms with van der Waals surface area (Å²) in [6, 6.07) is 1.24. The summed E-state index contributed by atoms with van der Waals surface area (Å²) in [6.07, 6.45) is 4.60. The highest BCUT2D eigenvalue weighted by atomic mass is 16.5. The standard InChI is InChI=1S/C24H31N5O5/c1-32-21-18(34-17-8-9-25-20(17)23(30)31)12-13-6-7-16(28-29-24-26-10-11-27-24)14-4-3-5-15(14)19(13)22(21)33-2/h12,17,20,25H,3-11H2,1-2H3,(H,30,31)(H2,26,27,29)/t17?,20-/m0/s1. The van der Waals surface area contributed by atoms with E-state index in [9.17, 15) is 9.90 Å². The summed E-state index contributed by atoms with van der Waals surface area (Å²) in [5.74, 6) is 1.44. The molecule has 2 aliphatic heterocycles. The van der Waals surface area contributed by atoms with Crippen LogP contribution in [0.15, 0.2) is 21.7 Å². The van der Waals surface area contributed by atoms with E-state index in [1.807, 2.05) is 6.07 Å². The Hall–Kier alpha value is -3.27. The highest BCUT2D eigenvalue weighted by Crippen LogP contribution is 2.50. The topological polar surface area (TPSA) is 126 Å². The summed E-state index contributed by atoms with van der Waals surface area (Å²) in [5, 5.41) is 20.5. The van der Waals surface area contributed by atoms with Gasteiger partial charge < -0.3 is 30.0 Å². The Kier molecular flexibility index (Phi) is 6.32. The number of fused-ring (bicyclic) bond motifs is 2. The molecule has 0 radical (unpaired) electrons. The van der Waals surface area contributed by atoms with E-state index in [-0.39, 0.29) is 0 Å². The van der Waals surface area contributed by atoms with Crippen LogP contribution in [-0.2, 0) is 11.2 Å². The highest BCUT2D eigenvalue weighted by molar-refractivity contribution is 6.09. The number of carboxylic acid groups (broad SMARTS) is 1. The first-order chi connectivity index (χ1) is 16.6. The van der Waals surface area contributed by atoms with E-state index in [1.54, 1.807) is 14.2 Å². The molecule has 2 aliphatic carbocycles. The fourth-order valence-corrected chi connectivity index (χ4v) is 5.35. The van der Waals surface area contributed by atoms with Crippen LogP contribution in [0.25, 0.3) is 5.57 Å². The molecule has 0 bridgehead atoms. The van der Waals surface area contributed by atoms with Crippen molar-refractivity contribution in [3.8, 4) is 17.2 Å². The van der Waals surface area contributed by atoms with Crippen molar-refractivity contribution >= 4 is 23.2 Å². The number of methoxy groups -OCH3 is 2. The number of hydrogen-bond acceptors (Lipinski definition) is 9. The van der Waals surface area contributed by atoms with Gasteiger partial charge in [-0.1, -0.05) is 0 Å². The first kappa shape index (κ1) is 22.5. The molecule has 4 aliphatic rings. The molecule has 4 N–H and O–H groups in total. The normalized spacial score (nSPS) is 24.8. The fraction of sp³-hybridized carbons (Fsp3) is 0.542. The fourth-order valence-electron chi connectivity index (χ4n) is 5.35. The molecule has 0 amide bonds. The molecule has 1 aromatic rings. The first-order valence-electron chi connectivity index (χ1n) is 11.8. The van der Waals surface area contributed by atoms with Gasteiger partial charge in [0.15, 0.2) is 11.5 Å². The molecule has 0 saturated carbocycles. The molecule has 1 saturated heterocycles. The van der Waals surface area contributed by atoms with Crippen LogP contribution < -0.4 is 30.3 Å². The molecule has 2 heterocycles. The molecule has 0 spiro atoms. The van der Waals surface area contributed by atoms with Gasteiger partial charge in [0.25, 0.3) is 0 Å². The number of nitrogens with one attached hydrogen (secondary N) is 3. The Morgan fingerprint density at radius 3 is 2.71 bits per heavy atom. The van der Waals surface area contributed by atoms with E-state index in [0.29, 0.717) is 36.2 Å². The van der Waals surface area contributed by atoms with E-state index in [2.05, 4.69) is 21.1 Å². The number of hydrogen-bond donors (Lipinski definition) is 4. The number of ether oxygens (including phenoxy) is 3. The second-order valence-corrected chi connectivity index (χ2v) is 8.83.